The minimum atomic E-state index is -0.368. The van der Waals surface area contributed by atoms with Crippen molar-refractivity contribution in [3.63, 3.8) is 0 Å². The van der Waals surface area contributed by atoms with Crippen LogP contribution in [0.3, 0.4) is 0 Å². The van der Waals surface area contributed by atoms with Crippen molar-refractivity contribution in [1.29, 1.82) is 0 Å². The van der Waals surface area contributed by atoms with Gasteiger partial charge in [-0.3, -0.25) is 9.78 Å². The number of hydrogen-bond donors (Lipinski definition) is 1. The Kier molecular flexibility index (Phi) is 3.60. The molecule has 0 saturated heterocycles. The highest BCUT2D eigenvalue weighted by atomic mass is 19.1. The Morgan fingerprint density at radius 2 is 1.90 bits per heavy atom. The lowest BCUT2D eigenvalue weighted by molar-refractivity contribution is -0.115. The number of pyridine rings is 1. The molecule has 0 aliphatic carbocycles. The lowest BCUT2D eigenvalue weighted by atomic mass is 10.1. The van der Waals surface area contributed by atoms with E-state index >= 15 is 0 Å². The molecule has 3 aromatic rings. The molecule has 4 heteroatoms. The molecule has 0 aliphatic rings. The average molecular weight is 280 g/mol. The number of rotatable bonds is 3. The second-order valence-corrected chi connectivity index (χ2v) is 4.69. The summed E-state index contributed by atoms with van der Waals surface area (Å²) >= 11 is 0. The van der Waals surface area contributed by atoms with E-state index in [2.05, 4.69) is 10.3 Å². The maximum atomic E-state index is 13.6. The van der Waals surface area contributed by atoms with Crippen molar-refractivity contribution >= 4 is 22.5 Å². The third-order valence-corrected chi connectivity index (χ3v) is 3.23. The maximum absolute atomic E-state index is 13.6. The van der Waals surface area contributed by atoms with Crippen LogP contribution >= 0.6 is 0 Å². The number of anilines is 1. The summed E-state index contributed by atoms with van der Waals surface area (Å²) < 4.78 is 13.6. The highest BCUT2D eigenvalue weighted by Crippen LogP contribution is 2.21. The first-order valence-corrected chi connectivity index (χ1v) is 6.61. The highest BCUT2D eigenvalue weighted by molar-refractivity contribution is 6.01. The molecule has 0 spiro atoms. The molecule has 1 amide bonds. The molecule has 1 heterocycles. The third-order valence-electron chi connectivity index (χ3n) is 3.23. The number of nitrogens with one attached hydrogen (secondary N) is 1. The third kappa shape index (κ3) is 2.89. The smallest absolute Gasteiger partial charge is 0.228 e. The molecule has 2 aromatic carbocycles. The number of benzene rings is 2. The van der Waals surface area contributed by atoms with Crippen LogP contribution in [0.1, 0.15) is 5.56 Å². The molecule has 0 atom stereocenters. The van der Waals surface area contributed by atoms with Gasteiger partial charge in [0.15, 0.2) is 0 Å². The van der Waals surface area contributed by atoms with Crippen LogP contribution in [-0.4, -0.2) is 10.9 Å². The van der Waals surface area contributed by atoms with Crippen LogP contribution in [-0.2, 0) is 11.2 Å². The largest absolute Gasteiger partial charge is 0.325 e. The Morgan fingerprint density at radius 3 is 2.76 bits per heavy atom. The van der Waals surface area contributed by atoms with E-state index in [1.807, 2.05) is 30.3 Å². The maximum Gasteiger partial charge on any atom is 0.228 e. The van der Waals surface area contributed by atoms with E-state index in [9.17, 15) is 9.18 Å². The summed E-state index contributed by atoms with van der Waals surface area (Å²) in [6, 6.07) is 15.5. The standard InChI is InChI=1S/C17H13FN2O/c18-14-7-2-1-5-12(14)11-17(21)20-16-9-3-8-15-13(16)6-4-10-19-15/h1-10H,11H2,(H,20,21). The van der Waals surface area contributed by atoms with Crippen molar-refractivity contribution in [2.75, 3.05) is 5.32 Å². The van der Waals surface area contributed by atoms with Crippen molar-refractivity contribution < 1.29 is 9.18 Å². The summed E-state index contributed by atoms with van der Waals surface area (Å²) in [5, 5.41) is 3.68. The molecule has 3 nitrogen and oxygen atoms in total. The van der Waals surface area contributed by atoms with Crippen molar-refractivity contribution in [3.05, 3.63) is 72.2 Å². The van der Waals surface area contributed by atoms with E-state index in [1.165, 1.54) is 6.07 Å². The first-order chi connectivity index (χ1) is 10.2. The van der Waals surface area contributed by atoms with E-state index in [0.717, 1.165) is 10.9 Å². The molecule has 21 heavy (non-hydrogen) atoms. The van der Waals surface area contributed by atoms with Crippen LogP contribution in [0.15, 0.2) is 60.8 Å². The van der Waals surface area contributed by atoms with Gasteiger partial charge in [-0.05, 0) is 35.9 Å². The molecule has 104 valence electrons. The molecule has 0 unspecified atom stereocenters. The van der Waals surface area contributed by atoms with Gasteiger partial charge in [0.05, 0.1) is 17.6 Å². The summed E-state index contributed by atoms with van der Waals surface area (Å²) in [6.07, 6.45) is 1.70. The van der Waals surface area contributed by atoms with Gasteiger partial charge in [-0.1, -0.05) is 24.3 Å². The molecule has 0 aliphatic heterocycles. The van der Waals surface area contributed by atoms with E-state index in [-0.39, 0.29) is 18.1 Å². The quantitative estimate of drug-likeness (QED) is 0.797. The average Bonchev–Trinajstić information content (AvgIpc) is 2.50. The number of hydrogen-bond acceptors (Lipinski definition) is 2. The van der Waals surface area contributed by atoms with Crippen LogP contribution in [0, 0.1) is 5.82 Å². The Morgan fingerprint density at radius 1 is 1.05 bits per heavy atom. The Labute approximate surface area is 121 Å². The number of amides is 1. The summed E-state index contributed by atoms with van der Waals surface area (Å²) in [5.74, 6) is -0.622. The van der Waals surface area contributed by atoms with Gasteiger partial charge in [0.2, 0.25) is 5.91 Å². The van der Waals surface area contributed by atoms with Crippen LogP contribution in [0.2, 0.25) is 0 Å². The summed E-state index contributed by atoms with van der Waals surface area (Å²) in [5.41, 5.74) is 1.87. The number of carbonyl (C=O) groups is 1. The predicted octanol–water partition coefficient (Wildman–Crippen LogP) is 3.56. The van der Waals surface area contributed by atoms with Crippen molar-refractivity contribution in [2.45, 2.75) is 6.42 Å². The van der Waals surface area contributed by atoms with Gasteiger partial charge in [-0.15, -0.1) is 0 Å². The number of halogens is 1. The minimum Gasteiger partial charge on any atom is -0.325 e. The molecule has 3 rings (SSSR count). The molecule has 0 bridgehead atoms. The fourth-order valence-electron chi connectivity index (χ4n) is 2.22. The number of fused-ring (bicyclic) bond motifs is 1. The molecule has 0 fully saturated rings. The summed E-state index contributed by atoms with van der Waals surface area (Å²) in [7, 11) is 0. The van der Waals surface area contributed by atoms with Crippen LogP contribution in [0.4, 0.5) is 10.1 Å². The van der Waals surface area contributed by atoms with Gasteiger partial charge >= 0.3 is 0 Å². The van der Waals surface area contributed by atoms with Crippen molar-refractivity contribution in [3.8, 4) is 0 Å². The Hall–Kier alpha value is -2.75. The SMILES string of the molecule is O=C(Cc1ccccc1F)Nc1cccc2ncccc12. The van der Waals surface area contributed by atoms with Crippen LogP contribution in [0.25, 0.3) is 10.9 Å². The fraction of sp³-hybridized carbons (Fsp3) is 0.0588. The molecule has 0 saturated carbocycles. The monoisotopic (exact) mass is 280 g/mol. The van der Waals surface area contributed by atoms with E-state index in [1.54, 1.807) is 24.4 Å². The molecule has 0 radical (unpaired) electrons. The van der Waals surface area contributed by atoms with Crippen LogP contribution < -0.4 is 5.32 Å². The molecular formula is C17H13FN2O. The van der Waals surface area contributed by atoms with Gasteiger partial charge in [0.25, 0.3) is 0 Å². The Balaban J connectivity index is 1.82. The minimum absolute atomic E-state index is 0.00330. The second kappa shape index (κ2) is 5.71. The molecule has 1 aromatic heterocycles. The van der Waals surface area contributed by atoms with Gasteiger partial charge < -0.3 is 5.32 Å². The zero-order chi connectivity index (χ0) is 14.7. The second-order valence-electron chi connectivity index (χ2n) is 4.69. The first-order valence-electron chi connectivity index (χ1n) is 6.61. The number of aromatic nitrogens is 1. The van der Waals surface area contributed by atoms with Gasteiger partial charge in [-0.25, -0.2) is 4.39 Å². The molecule has 1 N–H and O–H groups in total. The summed E-state index contributed by atoms with van der Waals surface area (Å²) in [6.45, 7) is 0. The first kappa shape index (κ1) is 13.2. The van der Waals surface area contributed by atoms with Gasteiger partial charge in [-0.2, -0.15) is 0 Å². The van der Waals surface area contributed by atoms with Gasteiger partial charge in [0.1, 0.15) is 5.82 Å². The highest BCUT2D eigenvalue weighted by Gasteiger charge is 2.09. The predicted molar refractivity (Wildman–Crippen MR) is 80.5 cm³/mol. The zero-order valence-corrected chi connectivity index (χ0v) is 11.2. The molecular weight excluding hydrogens is 267 g/mol. The number of carbonyl (C=O) groups excluding carboxylic acids is 1. The van der Waals surface area contributed by atoms with E-state index < -0.39 is 0 Å². The topological polar surface area (TPSA) is 42.0 Å². The van der Waals surface area contributed by atoms with Crippen LogP contribution in [0.5, 0.6) is 0 Å². The lowest BCUT2D eigenvalue weighted by Gasteiger charge is -2.08. The Bertz CT molecular complexity index is 796. The zero-order valence-electron chi connectivity index (χ0n) is 11.2. The lowest BCUT2D eigenvalue weighted by Crippen LogP contribution is -2.15. The van der Waals surface area contributed by atoms with Crippen molar-refractivity contribution in [2.24, 2.45) is 0 Å². The van der Waals surface area contributed by atoms with E-state index in [4.69, 9.17) is 0 Å². The normalized spacial score (nSPS) is 10.5. The number of nitrogens with zero attached hydrogens (tertiary/aromatic N) is 1. The summed E-state index contributed by atoms with van der Waals surface area (Å²) in [4.78, 5) is 16.3. The fourth-order valence-corrected chi connectivity index (χ4v) is 2.22. The van der Waals surface area contributed by atoms with E-state index in [0.29, 0.717) is 11.3 Å². The van der Waals surface area contributed by atoms with Gasteiger partial charge in [0, 0.05) is 11.6 Å². The van der Waals surface area contributed by atoms with Crippen molar-refractivity contribution in [1.82, 2.24) is 4.98 Å².